The second-order valence-electron chi connectivity index (χ2n) is 2.83. The quantitative estimate of drug-likeness (QED) is 0.604. The number of carbonyl (C=O) groups is 2. The summed E-state index contributed by atoms with van der Waals surface area (Å²) in [5.74, 6) is -0.359. The first-order chi connectivity index (χ1) is 5.66. The number of nitrogens with zero attached hydrogens (tertiary/aromatic N) is 1. The summed E-state index contributed by atoms with van der Waals surface area (Å²) in [7, 11) is 0. The molecular weight excluding hydrogens is 180 g/mol. The highest BCUT2D eigenvalue weighted by molar-refractivity contribution is 6.22. The number of amides is 2. The lowest BCUT2D eigenvalue weighted by Gasteiger charge is -2.20. The highest BCUT2D eigenvalue weighted by atomic mass is 35.5. The Morgan fingerprint density at radius 2 is 2.25 bits per heavy atom. The number of carbonyl (C=O) groups excluding carboxylic acids is 2. The first-order valence-electron chi connectivity index (χ1n) is 3.84. The third-order valence-electron chi connectivity index (χ3n) is 2.05. The van der Waals surface area contributed by atoms with E-state index in [0.717, 1.165) is 6.42 Å². The lowest BCUT2D eigenvalue weighted by Crippen LogP contribution is -2.42. The lowest BCUT2D eigenvalue weighted by atomic mass is 10.2. The zero-order chi connectivity index (χ0) is 9.14. The summed E-state index contributed by atoms with van der Waals surface area (Å²) in [6.07, 6.45) is 1.58. The van der Waals surface area contributed by atoms with Crippen molar-refractivity contribution in [3.63, 3.8) is 0 Å². The van der Waals surface area contributed by atoms with Gasteiger partial charge in [-0.1, -0.05) is 0 Å². The summed E-state index contributed by atoms with van der Waals surface area (Å²) in [5.41, 5.74) is 0. The van der Waals surface area contributed by atoms with E-state index in [1.54, 1.807) is 0 Å². The molecule has 1 heterocycles. The van der Waals surface area contributed by atoms with E-state index in [4.69, 9.17) is 11.8 Å². The van der Waals surface area contributed by atoms with Gasteiger partial charge in [0.05, 0.1) is 0 Å². The van der Waals surface area contributed by atoms with Crippen LogP contribution in [0.3, 0.4) is 0 Å². The van der Waals surface area contributed by atoms with E-state index < -0.39 is 0 Å². The molecule has 68 valence electrons. The predicted octanol–water partition coefficient (Wildman–Crippen LogP) is 0.267. The normalized spacial score (nSPS) is 22.5. The van der Waals surface area contributed by atoms with E-state index in [-0.39, 0.29) is 17.9 Å². The number of hydrogen-bond donors (Lipinski definition) is 1. The Bertz CT molecular complexity index is 208. The summed E-state index contributed by atoms with van der Waals surface area (Å²) in [5, 5.41) is 0. The van der Waals surface area contributed by atoms with Crippen LogP contribution in [0.15, 0.2) is 0 Å². The van der Waals surface area contributed by atoms with Crippen molar-refractivity contribution in [1.29, 1.82) is 0 Å². The average molecular weight is 191 g/mol. The number of nitrogens with one attached hydrogen (secondary N) is 1. The number of likely N-dealkylation sites (tertiary alicyclic amines) is 1. The molecule has 4 nitrogen and oxygen atoms in total. The van der Waals surface area contributed by atoms with Gasteiger partial charge in [-0.2, -0.15) is 0 Å². The molecule has 0 aromatic carbocycles. The minimum Gasteiger partial charge on any atom is -0.331 e. The van der Waals surface area contributed by atoms with Crippen LogP contribution in [0.5, 0.6) is 0 Å². The molecule has 1 fully saturated rings. The van der Waals surface area contributed by atoms with Crippen LogP contribution < -0.4 is 4.84 Å². The molecule has 0 radical (unpaired) electrons. The molecule has 1 aliphatic rings. The van der Waals surface area contributed by atoms with Crippen molar-refractivity contribution in [2.45, 2.75) is 25.8 Å². The van der Waals surface area contributed by atoms with Gasteiger partial charge in [0.1, 0.15) is 6.04 Å². The zero-order valence-corrected chi connectivity index (χ0v) is 7.60. The van der Waals surface area contributed by atoms with Gasteiger partial charge in [-0.15, -0.1) is 0 Å². The predicted molar refractivity (Wildman–Crippen MR) is 44.4 cm³/mol. The molecule has 0 bridgehead atoms. The fourth-order valence-electron chi connectivity index (χ4n) is 1.48. The molecule has 1 atom stereocenters. The van der Waals surface area contributed by atoms with E-state index in [0.29, 0.717) is 13.0 Å². The van der Waals surface area contributed by atoms with Crippen molar-refractivity contribution in [3.05, 3.63) is 0 Å². The van der Waals surface area contributed by atoms with Gasteiger partial charge in [0.25, 0.3) is 5.91 Å². The largest absolute Gasteiger partial charge is 0.331 e. The van der Waals surface area contributed by atoms with Crippen LogP contribution in [0, 0.1) is 0 Å². The molecular formula is C7H11ClN2O2. The van der Waals surface area contributed by atoms with Crippen molar-refractivity contribution in [1.82, 2.24) is 9.74 Å². The van der Waals surface area contributed by atoms with E-state index >= 15 is 0 Å². The summed E-state index contributed by atoms with van der Waals surface area (Å²) >= 11 is 5.16. The molecule has 1 rings (SSSR count). The van der Waals surface area contributed by atoms with Crippen molar-refractivity contribution < 1.29 is 9.59 Å². The molecule has 1 aliphatic heterocycles. The Morgan fingerprint density at radius 3 is 2.75 bits per heavy atom. The maximum absolute atomic E-state index is 11.1. The van der Waals surface area contributed by atoms with Gasteiger partial charge < -0.3 is 4.90 Å². The maximum atomic E-state index is 11.1. The standard InChI is InChI=1S/C7H11ClN2O2/c1-5(11)10-4-2-3-6(10)7(12)9-8/h6H,2-4H2,1H3,(H,9,12)/t6-/m0/s1. The highest BCUT2D eigenvalue weighted by Gasteiger charge is 2.31. The minimum absolute atomic E-state index is 0.0715. The Balaban J connectivity index is 2.63. The first kappa shape index (κ1) is 9.32. The summed E-state index contributed by atoms with van der Waals surface area (Å²) < 4.78 is 0. The van der Waals surface area contributed by atoms with E-state index in [1.165, 1.54) is 11.8 Å². The van der Waals surface area contributed by atoms with Crippen LogP contribution in [0.25, 0.3) is 0 Å². The Hall–Kier alpha value is -0.770. The van der Waals surface area contributed by atoms with E-state index in [2.05, 4.69) is 0 Å². The van der Waals surface area contributed by atoms with Crippen molar-refractivity contribution in [2.75, 3.05) is 6.54 Å². The second-order valence-corrected chi connectivity index (χ2v) is 3.02. The second kappa shape index (κ2) is 3.76. The third-order valence-corrected chi connectivity index (χ3v) is 2.24. The van der Waals surface area contributed by atoms with Crippen LogP contribution in [-0.4, -0.2) is 29.3 Å². The van der Waals surface area contributed by atoms with Crippen molar-refractivity contribution in [2.24, 2.45) is 0 Å². The van der Waals surface area contributed by atoms with Gasteiger partial charge in [0.15, 0.2) is 0 Å². The molecule has 0 spiro atoms. The maximum Gasteiger partial charge on any atom is 0.257 e. The van der Waals surface area contributed by atoms with Crippen LogP contribution >= 0.6 is 11.8 Å². The van der Waals surface area contributed by atoms with Gasteiger partial charge in [-0.05, 0) is 12.8 Å². The van der Waals surface area contributed by atoms with E-state index in [9.17, 15) is 9.59 Å². The summed E-state index contributed by atoms with van der Waals surface area (Å²) in [6, 6.07) is -0.361. The molecule has 2 amide bonds. The number of rotatable bonds is 1. The number of halogens is 1. The number of hydrogen-bond acceptors (Lipinski definition) is 2. The average Bonchev–Trinajstić information content (AvgIpc) is 2.50. The molecule has 0 unspecified atom stereocenters. The fraction of sp³-hybridized carbons (Fsp3) is 0.714. The van der Waals surface area contributed by atoms with Crippen LogP contribution in [0.4, 0.5) is 0 Å². The molecule has 12 heavy (non-hydrogen) atoms. The van der Waals surface area contributed by atoms with Crippen LogP contribution in [-0.2, 0) is 9.59 Å². The highest BCUT2D eigenvalue weighted by Crippen LogP contribution is 2.17. The van der Waals surface area contributed by atoms with Gasteiger partial charge in [-0.3, -0.25) is 14.4 Å². The van der Waals surface area contributed by atoms with Crippen molar-refractivity contribution >= 4 is 23.6 Å². The monoisotopic (exact) mass is 190 g/mol. The van der Waals surface area contributed by atoms with Crippen molar-refractivity contribution in [3.8, 4) is 0 Å². The first-order valence-corrected chi connectivity index (χ1v) is 4.22. The van der Waals surface area contributed by atoms with Gasteiger partial charge in [0.2, 0.25) is 5.91 Å². The topological polar surface area (TPSA) is 49.4 Å². The molecule has 0 aliphatic carbocycles. The summed E-state index contributed by atoms with van der Waals surface area (Å²) in [4.78, 5) is 25.6. The molecule has 0 saturated carbocycles. The Kier molecular flexibility index (Phi) is 2.92. The molecule has 0 aromatic rings. The van der Waals surface area contributed by atoms with Gasteiger partial charge >= 0.3 is 0 Å². The smallest absolute Gasteiger partial charge is 0.257 e. The van der Waals surface area contributed by atoms with Gasteiger partial charge in [0, 0.05) is 25.2 Å². The Morgan fingerprint density at radius 1 is 1.58 bits per heavy atom. The molecule has 1 saturated heterocycles. The van der Waals surface area contributed by atoms with Crippen LogP contribution in [0.2, 0.25) is 0 Å². The molecule has 0 aromatic heterocycles. The molecule has 5 heteroatoms. The summed E-state index contributed by atoms with van der Waals surface area (Å²) in [6.45, 7) is 2.12. The zero-order valence-electron chi connectivity index (χ0n) is 6.84. The van der Waals surface area contributed by atoms with Crippen LogP contribution in [0.1, 0.15) is 19.8 Å². The fourth-order valence-corrected chi connectivity index (χ4v) is 1.61. The minimum atomic E-state index is -0.361. The van der Waals surface area contributed by atoms with E-state index in [1.807, 2.05) is 4.84 Å². The van der Waals surface area contributed by atoms with Gasteiger partial charge in [-0.25, -0.2) is 0 Å². The third kappa shape index (κ3) is 1.69. The molecule has 1 N–H and O–H groups in total. The Labute approximate surface area is 76.0 Å². The SMILES string of the molecule is CC(=O)N1CCC[C@H]1C(=O)NCl. The lowest BCUT2D eigenvalue weighted by molar-refractivity contribution is -0.136.